The molecule has 0 bridgehead atoms. The average molecular weight is 329 g/mol. The zero-order valence-electron chi connectivity index (χ0n) is 13.5. The van der Waals surface area contributed by atoms with Gasteiger partial charge in [-0.2, -0.15) is 0 Å². The monoisotopic (exact) mass is 329 g/mol. The summed E-state index contributed by atoms with van der Waals surface area (Å²) >= 11 is 0. The summed E-state index contributed by atoms with van der Waals surface area (Å²) in [6.07, 6.45) is 3.33. The molecule has 24 heavy (non-hydrogen) atoms. The summed E-state index contributed by atoms with van der Waals surface area (Å²) in [5.41, 5.74) is 0.672. The number of halogens is 1. The lowest BCUT2D eigenvalue weighted by Crippen LogP contribution is -2.43. The summed E-state index contributed by atoms with van der Waals surface area (Å²) in [4.78, 5) is 26.7. The Balaban J connectivity index is 1.79. The summed E-state index contributed by atoms with van der Waals surface area (Å²) in [6, 6.07) is 8.62. The van der Waals surface area contributed by atoms with Gasteiger partial charge in [-0.3, -0.25) is 14.2 Å². The number of benzene rings is 1. The van der Waals surface area contributed by atoms with E-state index in [1.807, 2.05) is 0 Å². The van der Waals surface area contributed by atoms with Gasteiger partial charge in [0.25, 0.3) is 11.5 Å². The number of aromatic nitrogens is 1. The molecular weight excluding hydrogens is 309 g/mol. The molecule has 1 fully saturated rings. The maximum atomic E-state index is 13.0. The predicted molar refractivity (Wildman–Crippen MR) is 90.0 cm³/mol. The van der Waals surface area contributed by atoms with Gasteiger partial charge in [-0.05, 0) is 63.3 Å². The van der Waals surface area contributed by atoms with E-state index in [1.165, 1.54) is 47.2 Å². The van der Waals surface area contributed by atoms with Crippen molar-refractivity contribution in [1.29, 1.82) is 0 Å². The fraction of sp³-hybridized carbons (Fsp3) is 0.333. The maximum Gasteiger partial charge on any atom is 0.255 e. The highest BCUT2D eigenvalue weighted by Gasteiger charge is 2.19. The molecule has 0 spiro atoms. The van der Waals surface area contributed by atoms with E-state index in [9.17, 15) is 14.0 Å². The molecule has 1 aliphatic rings. The van der Waals surface area contributed by atoms with Crippen LogP contribution in [0.15, 0.2) is 47.4 Å². The number of rotatable bonds is 3. The zero-order valence-corrected chi connectivity index (χ0v) is 13.5. The number of hydrogen-bond acceptors (Lipinski definition) is 3. The molecule has 1 amide bonds. The average Bonchev–Trinajstić information content (AvgIpc) is 2.58. The van der Waals surface area contributed by atoms with E-state index in [0.717, 1.165) is 25.9 Å². The molecule has 2 aromatic rings. The summed E-state index contributed by atoms with van der Waals surface area (Å²) in [7, 11) is 2.07. The first-order valence-electron chi connectivity index (χ1n) is 8.01. The van der Waals surface area contributed by atoms with E-state index < -0.39 is 0 Å². The molecule has 0 atom stereocenters. The molecule has 2 heterocycles. The topological polar surface area (TPSA) is 54.3 Å². The minimum Gasteiger partial charge on any atom is -0.349 e. The molecule has 1 N–H and O–H groups in total. The number of amides is 1. The molecule has 0 unspecified atom stereocenters. The van der Waals surface area contributed by atoms with E-state index in [-0.39, 0.29) is 23.3 Å². The quantitative estimate of drug-likeness (QED) is 0.934. The van der Waals surface area contributed by atoms with Crippen LogP contribution in [0, 0.1) is 5.82 Å². The number of nitrogens with one attached hydrogen (secondary N) is 1. The highest BCUT2D eigenvalue weighted by Crippen LogP contribution is 2.11. The molecule has 1 aromatic heterocycles. The summed E-state index contributed by atoms with van der Waals surface area (Å²) < 4.78 is 14.4. The lowest BCUT2D eigenvalue weighted by atomic mass is 10.1. The van der Waals surface area contributed by atoms with Gasteiger partial charge in [0.05, 0.1) is 5.56 Å². The number of hydrogen-bond donors (Lipinski definition) is 1. The molecule has 5 nitrogen and oxygen atoms in total. The van der Waals surface area contributed by atoms with Crippen LogP contribution in [0.3, 0.4) is 0 Å². The van der Waals surface area contributed by atoms with Crippen molar-refractivity contribution in [2.75, 3.05) is 20.1 Å². The first-order chi connectivity index (χ1) is 11.5. The third kappa shape index (κ3) is 3.71. The Morgan fingerprint density at radius 3 is 2.46 bits per heavy atom. The van der Waals surface area contributed by atoms with Crippen molar-refractivity contribution in [1.82, 2.24) is 14.8 Å². The van der Waals surface area contributed by atoms with Gasteiger partial charge in [0.2, 0.25) is 0 Å². The Kier molecular flexibility index (Phi) is 4.76. The highest BCUT2D eigenvalue weighted by molar-refractivity contribution is 5.94. The molecule has 3 rings (SSSR count). The first-order valence-corrected chi connectivity index (χ1v) is 8.01. The van der Waals surface area contributed by atoms with Gasteiger partial charge in [0.15, 0.2) is 0 Å². The molecule has 126 valence electrons. The molecule has 6 heteroatoms. The second-order valence-electron chi connectivity index (χ2n) is 6.15. The zero-order chi connectivity index (χ0) is 17.1. The Bertz CT molecular complexity index is 778. The van der Waals surface area contributed by atoms with Crippen LogP contribution in [0.5, 0.6) is 0 Å². The van der Waals surface area contributed by atoms with Crippen molar-refractivity contribution in [2.45, 2.75) is 18.9 Å². The number of likely N-dealkylation sites (tertiary alicyclic amines) is 1. The molecular formula is C18H20FN3O2. The van der Waals surface area contributed by atoms with Crippen molar-refractivity contribution in [3.05, 3.63) is 64.3 Å². The van der Waals surface area contributed by atoms with Crippen molar-refractivity contribution in [3.8, 4) is 5.69 Å². The van der Waals surface area contributed by atoms with Gasteiger partial charge in [-0.15, -0.1) is 0 Å². The van der Waals surface area contributed by atoms with Crippen LogP contribution < -0.4 is 10.9 Å². The minimum atomic E-state index is -0.372. The van der Waals surface area contributed by atoms with Gasteiger partial charge in [-0.25, -0.2) is 4.39 Å². The second kappa shape index (κ2) is 6.97. The van der Waals surface area contributed by atoms with E-state index in [2.05, 4.69) is 17.3 Å². The molecule has 0 saturated carbocycles. The van der Waals surface area contributed by atoms with Crippen molar-refractivity contribution in [3.63, 3.8) is 0 Å². The van der Waals surface area contributed by atoms with Crippen LogP contribution in [0.4, 0.5) is 4.39 Å². The van der Waals surface area contributed by atoms with Crippen molar-refractivity contribution in [2.24, 2.45) is 0 Å². The summed E-state index contributed by atoms with van der Waals surface area (Å²) in [5, 5.41) is 3.02. The van der Waals surface area contributed by atoms with Crippen molar-refractivity contribution >= 4 is 5.91 Å². The Morgan fingerprint density at radius 1 is 1.12 bits per heavy atom. The van der Waals surface area contributed by atoms with Gasteiger partial charge >= 0.3 is 0 Å². The van der Waals surface area contributed by atoms with Gasteiger partial charge < -0.3 is 10.2 Å². The lowest BCUT2D eigenvalue weighted by Gasteiger charge is -2.29. The van der Waals surface area contributed by atoms with Crippen LogP contribution in [0.2, 0.25) is 0 Å². The van der Waals surface area contributed by atoms with E-state index in [0.29, 0.717) is 11.3 Å². The third-order valence-corrected chi connectivity index (χ3v) is 4.33. The third-order valence-electron chi connectivity index (χ3n) is 4.33. The molecule has 0 radical (unpaired) electrons. The number of piperidine rings is 1. The van der Waals surface area contributed by atoms with E-state index in [4.69, 9.17) is 0 Å². The summed E-state index contributed by atoms with van der Waals surface area (Å²) in [5.74, 6) is -0.566. The van der Waals surface area contributed by atoms with Gasteiger partial charge in [-0.1, -0.05) is 0 Å². The maximum absolute atomic E-state index is 13.0. The van der Waals surface area contributed by atoms with Crippen LogP contribution in [-0.2, 0) is 0 Å². The number of nitrogens with zero attached hydrogens (tertiary/aromatic N) is 2. The van der Waals surface area contributed by atoms with Crippen LogP contribution in [-0.4, -0.2) is 41.6 Å². The fourth-order valence-electron chi connectivity index (χ4n) is 2.85. The van der Waals surface area contributed by atoms with Gasteiger partial charge in [0, 0.05) is 24.0 Å². The number of carbonyl (C=O) groups excluding carboxylic acids is 1. The number of carbonyl (C=O) groups is 1. The first kappa shape index (κ1) is 16.4. The standard InChI is InChI=1S/C18H20FN3O2/c1-21-10-8-15(9-11-21)20-18(24)13-2-7-17(23)22(12-13)16-5-3-14(19)4-6-16/h2-7,12,15H,8-11H2,1H3,(H,20,24). The molecule has 1 aromatic carbocycles. The highest BCUT2D eigenvalue weighted by atomic mass is 19.1. The second-order valence-corrected chi connectivity index (χ2v) is 6.15. The van der Waals surface area contributed by atoms with Crippen molar-refractivity contribution < 1.29 is 9.18 Å². The Labute approximate surface area is 139 Å². The van der Waals surface area contributed by atoms with Crippen LogP contribution >= 0.6 is 0 Å². The smallest absolute Gasteiger partial charge is 0.255 e. The normalized spacial score (nSPS) is 16.1. The largest absolute Gasteiger partial charge is 0.349 e. The SMILES string of the molecule is CN1CCC(NC(=O)c2ccc(=O)n(-c3ccc(F)cc3)c2)CC1. The molecule has 0 aliphatic carbocycles. The van der Waals surface area contributed by atoms with Crippen LogP contribution in [0.25, 0.3) is 5.69 Å². The van der Waals surface area contributed by atoms with Crippen LogP contribution in [0.1, 0.15) is 23.2 Å². The Hall–Kier alpha value is -2.47. The lowest BCUT2D eigenvalue weighted by molar-refractivity contribution is 0.0916. The minimum absolute atomic E-state index is 0.153. The molecule has 1 saturated heterocycles. The predicted octanol–water partition coefficient (Wildman–Crippen LogP) is 1.80. The number of pyridine rings is 1. The molecule has 1 aliphatic heterocycles. The Morgan fingerprint density at radius 2 is 1.79 bits per heavy atom. The summed E-state index contributed by atoms with van der Waals surface area (Å²) in [6.45, 7) is 1.92. The van der Waals surface area contributed by atoms with E-state index >= 15 is 0 Å². The van der Waals surface area contributed by atoms with Gasteiger partial charge in [0.1, 0.15) is 5.82 Å². The van der Waals surface area contributed by atoms with E-state index in [1.54, 1.807) is 0 Å². The fourth-order valence-corrected chi connectivity index (χ4v) is 2.85.